The van der Waals surface area contributed by atoms with Crippen molar-refractivity contribution in [2.24, 2.45) is 11.8 Å². The van der Waals surface area contributed by atoms with E-state index in [2.05, 4.69) is 0 Å². The number of rotatable bonds is 3. The van der Waals surface area contributed by atoms with E-state index in [1.165, 1.54) is 0 Å². The molecule has 2 atom stereocenters. The molecule has 1 N–H and O–H groups in total. The van der Waals surface area contributed by atoms with Crippen LogP contribution in [0.5, 0.6) is 0 Å². The Hall–Kier alpha value is -0.600. The van der Waals surface area contributed by atoms with Gasteiger partial charge < -0.3 is 5.11 Å². The van der Waals surface area contributed by atoms with Crippen LogP contribution in [0.15, 0.2) is 0 Å². The van der Waals surface area contributed by atoms with Gasteiger partial charge in [0.15, 0.2) is 0 Å². The van der Waals surface area contributed by atoms with Gasteiger partial charge in [-0.2, -0.15) is 0 Å². The summed E-state index contributed by atoms with van der Waals surface area (Å²) >= 11 is 0. The van der Waals surface area contributed by atoms with Crippen LogP contribution in [0.3, 0.4) is 0 Å². The van der Waals surface area contributed by atoms with E-state index in [1.807, 2.05) is 0 Å². The van der Waals surface area contributed by atoms with Gasteiger partial charge in [0.1, 0.15) is 0 Å². The molecule has 1 saturated carbocycles. The number of halogens is 1. The van der Waals surface area contributed by atoms with Crippen LogP contribution in [0.25, 0.3) is 0 Å². The van der Waals surface area contributed by atoms with Crippen molar-refractivity contribution in [3.05, 3.63) is 0 Å². The quantitative estimate of drug-likeness (QED) is 0.684. The predicted molar refractivity (Wildman–Crippen MR) is 39.1 cm³/mol. The van der Waals surface area contributed by atoms with E-state index in [0.717, 1.165) is 19.3 Å². The van der Waals surface area contributed by atoms with Gasteiger partial charge in [-0.05, 0) is 24.7 Å². The number of aliphatic carboxylic acids is 1. The van der Waals surface area contributed by atoms with E-state index >= 15 is 0 Å². The average molecular weight is 160 g/mol. The highest BCUT2D eigenvalue weighted by Crippen LogP contribution is 2.34. The first-order chi connectivity index (χ1) is 5.24. The van der Waals surface area contributed by atoms with Crippen molar-refractivity contribution in [1.82, 2.24) is 0 Å². The second-order valence-corrected chi connectivity index (χ2v) is 3.20. The van der Waals surface area contributed by atoms with Crippen LogP contribution in [0.2, 0.25) is 0 Å². The molecular weight excluding hydrogens is 147 g/mol. The lowest BCUT2D eigenvalue weighted by molar-refractivity contribution is -0.138. The molecule has 0 spiro atoms. The Bertz CT molecular complexity index is 147. The zero-order chi connectivity index (χ0) is 8.27. The summed E-state index contributed by atoms with van der Waals surface area (Å²) in [4.78, 5) is 10.3. The Morgan fingerprint density at radius 3 is 2.64 bits per heavy atom. The molecule has 0 saturated heterocycles. The molecule has 11 heavy (non-hydrogen) atoms. The van der Waals surface area contributed by atoms with E-state index in [4.69, 9.17) is 5.11 Å². The Morgan fingerprint density at radius 2 is 2.09 bits per heavy atom. The number of carbonyl (C=O) groups is 1. The van der Waals surface area contributed by atoms with Crippen LogP contribution in [0, 0.1) is 11.8 Å². The van der Waals surface area contributed by atoms with Crippen LogP contribution >= 0.6 is 0 Å². The van der Waals surface area contributed by atoms with E-state index in [1.54, 1.807) is 0 Å². The molecule has 0 aliphatic heterocycles. The van der Waals surface area contributed by atoms with E-state index in [0.29, 0.717) is 0 Å². The van der Waals surface area contributed by atoms with Gasteiger partial charge in [-0.15, -0.1) is 0 Å². The standard InChI is InChI=1S/C8H13FO2/c9-5-7-3-1-2-6(7)4-8(10)11/h6-7H,1-5H2,(H,10,11). The van der Waals surface area contributed by atoms with Crippen LogP contribution in [-0.4, -0.2) is 17.8 Å². The maximum absolute atomic E-state index is 12.2. The van der Waals surface area contributed by atoms with Gasteiger partial charge in [-0.25, -0.2) is 0 Å². The molecule has 0 aromatic rings. The molecule has 1 rings (SSSR count). The van der Waals surface area contributed by atoms with Crippen molar-refractivity contribution < 1.29 is 14.3 Å². The maximum Gasteiger partial charge on any atom is 0.303 e. The summed E-state index contributed by atoms with van der Waals surface area (Å²) in [6, 6.07) is 0. The Kier molecular flexibility index (Phi) is 2.85. The maximum atomic E-state index is 12.2. The molecule has 1 aliphatic carbocycles. The number of hydrogen-bond donors (Lipinski definition) is 1. The highest BCUT2D eigenvalue weighted by molar-refractivity contribution is 5.67. The average Bonchev–Trinajstić information content (AvgIpc) is 2.34. The molecule has 0 radical (unpaired) electrons. The molecule has 64 valence electrons. The first-order valence-electron chi connectivity index (χ1n) is 4.01. The SMILES string of the molecule is O=C(O)CC1CCCC1CF. The highest BCUT2D eigenvalue weighted by atomic mass is 19.1. The number of alkyl halides is 1. The third-order valence-corrected chi connectivity index (χ3v) is 2.45. The third-order valence-electron chi connectivity index (χ3n) is 2.45. The van der Waals surface area contributed by atoms with Crippen molar-refractivity contribution in [3.63, 3.8) is 0 Å². The number of carboxylic acid groups (broad SMARTS) is 1. The summed E-state index contributed by atoms with van der Waals surface area (Å²) in [5.41, 5.74) is 0. The van der Waals surface area contributed by atoms with E-state index in [9.17, 15) is 9.18 Å². The van der Waals surface area contributed by atoms with Gasteiger partial charge in [-0.1, -0.05) is 6.42 Å². The normalized spacial score (nSPS) is 30.6. The predicted octanol–water partition coefficient (Wildman–Crippen LogP) is 1.85. The molecule has 1 fully saturated rings. The first kappa shape index (κ1) is 8.50. The Labute approximate surface area is 65.4 Å². The van der Waals surface area contributed by atoms with Gasteiger partial charge >= 0.3 is 5.97 Å². The molecule has 2 nitrogen and oxygen atoms in total. The van der Waals surface area contributed by atoms with Gasteiger partial charge in [0, 0.05) is 6.42 Å². The van der Waals surface area contributed by atoms with Crippen LogP contribution in [0.1, 0.15) is 25.7 Å². The van der Waals surface area contributed by atoms with Crippen LogP contribution in [0.4, 0.5) is 4.39 Å². The topological polar surface area (TPSA) is 37.3 Å². The second kappa shape index (κ2) is 3.69. The van der Waals surface area contributed by atoms with Crippen molar-refractivity contribution in [3.8, 4) is 0 Å². The number of carboxylic acids is 1. The summed E-state index contributed by atoms with van der Waals surface area (Å²) < 4.78 is 12.2. The van der Waals surface area contributed by atoms with Crippen LogP contribution in [-0.2, 0) is 4.79 Å². The summed E-state index contributed by atoms with van der Waals surface area (Å²) in [7, 11) is 0. The molecule has 0 amide bonds. The molecule has 0 aromatic heterocycles. The minimum Gasteiger partial charge on any atom is -0.481 e. The fourth-order valence-electron chi connectivity index (χ4n) is 1.81. The third kappa shape index (κ3) is 2.17. The number of hydrogen-bond acceptors (Lipinski definition) is 1. The minimum atomic E-state index is -0.796. The summed E-state index contributed by atoms with van der Waals surface area (Å²) in [6.07, 6.45) is 2.90. The molecule has 0 aromatic carbocycles. The molecular formula is C8H13FO2. The van der Waals surface area contributed by atoms with Crippen molar-refractivity contribution in [2.75, 3.05) is 6.67 Å². The lowest BCUT2D eigenvalue weighted by Gasteiger charge is -2.12. The van der Waals surface area contributed by atoms with Gasteiger partial charge in [0.25, 0.3) is 0 Å². The fourth-order valence-corrected chi connectivity index (χ4v) is 1.81. The molecule has 1 aliphatic rings. The summed E-state index contributed by atoms with van der Waals surface area (Å²) in [5.74, 6) is -0.682. The summed E-state index contributed by atoms with van der Waals surface area (Å²) in [6.45, 7) is -0.349. The zero-order valence-corrected chi connectivity index (χ0v) is 6.42. The van der Waals surface area contributed by atoms with E-state index < -0.39 is 5.97 Å². The molecule has 0 bridgehead atoms. The largest absolute Gasteiger partial charge is 0.481 e. The zero-order valence-electron chi connectivity index (χ0n) is 6.42. The lowest BCUT2D eigenvalue weighted by atomic mass is 9.94. The van der Waals surface area contributed by atoms with Crippen molar-refractivity contribution in [2.45, 2.75) is 25.7 Å². The van der Waals surface area contributed by atoms with Gasteiger partial charge in [0.05, 0.1) is 6.67 Å². The van der Waals surface area contributed by atoms with Gasteiger partial charge in [0.2, 0.25) is 0 Å². The van der Waals surface area contributed by atoms with E-state index in [-0.39, 0.29) is 24.9 Å². The second-order valence-electron chi connectivity index (χ2n) is 3.20. The summed E-state index contributed by atoms with van der Waals surface area (Å²) in [5, 5.41) is 8.46. The molecule has 2 unspecified atom stereocenters. The lowest BCUT2D eigenvalue weighted by Crippen LogP contribution is -2.14. The first-order valence-corrected chi connectivity index (χ1v) is 4.01. The highest BCUT2D eigenvalue weighted by Gasteiger charge is 2.28. The van der Waals surface area contributed by atoms with Gasteiger partial charge in [-0.3, -0.25) is 9.18 Å². The monoisotopic (exact) mass is 160 g/mol. The fraction of sp³-hybridized carbons (Fsp3) is 0.875. The van der Waals surface area contributed by atoms with Crippen molar-refractivity contribution >= 4 is 5.97 Å². The van der Waals surface area contributed by atoms with Crippen molar-refractivity contribution in [1.29, 1.82) is 0 Å². The molecule has 0 heterocycles. The Balaban J connectivity index is 2.37. The Morgan fingerprint density at radius 1 is 1.45 bits per heavy atom. The van der Waals surface area contributed by atoms with Crippen LogP contribution < -0.4 is 0 Å². The smallest absolute Gasteiger partial charge is 0.303 e. The minimum absolute atomic E-state index is 0.0195. The molecule has 3 heteroatoms.